The van der Waals surface area contributed by atoms with Crippen LogP contribution in [-0.2, 0) is 5.41 Å². The van der Waals surface area contributed by atoms with Gasteiger partial charge in [-0.05, 0) is 148 Å². The van der Waals surface area contributed by atoms with Crippen LogP contribution >= 0.6 is 0 Å². The van der Waals surface area contributed by atoms with Gasteiger partial charge in [0, 0.05) is 5.41 Å². The van der Waals surface area contributed by atoms with Gasteiger partial charge < -0.3 is 0 Å². The van der Waals surface area contributed by atoms with E-state index in [1.165, 1.54) is 99.4 Å². The standard InChI is InChI=1S/C59H50/c1-39(2)37-59(38-40(3)4)55-26-16-15-21-49(55)50-32-31-45(36-56(50)59)58-53-24-13-11-22-51(53)57(52-23-12-14-25-54(52)58)44-29-27-43(28-30-44)48-34-46(41-17-7-5-8-18-41)33-47(35-48)42-19-9-6-10-20-42/h5-36,39-40H,37-38H2,1-4H3. The summed E-state index contributed by atoms with van der Waals surface area (Å²) in [5, 5.41) is 5.15. The van der Waals surface area contributed by atoms with Gasteiger partial charge in [-0.25, -0.2) is 0 Å². The van der Waals surface area contributed by atoms with Gasteiger partial charge in [-0.2, -0.15) is 0 Å². The fraction of sp³-hybridized carbons (Fsp3) is 0.153. The summed E-state index contributed by atoms with van der Waals surface area (Å²) in [6, 6.07) is 72.5. The van der Waals surface area contributed by atoms with Crippen molar-refractivity contribution >= 4 is 21.5 Å². The van der Waals surface area contributed by atoms with Crippen molar-refractivity contribution in [2.24, 2.45) is 11.8 Å². The quantitative estimate of drug-likeness (QED) is 0.129. The molecule has 0 radical (unpaired) electrons. The normalized spacial score (nSPS) is 13.0. The van der Waals surface area contributed by atoms with E-state index in [-0.39, 0.29) is 5.41 Å². The highest BCUT2D eigenvalue weighted by Gasteiger charge is 2.43. The van der Waals surface area contributed by atoms with Gasteiger partial charge in [-0.3, -0.25) is 0 Å². The van der Waals surface area contributed by atoms with Crippen molar-refractivity contribution in [1.29, 1.82) is 0 Å². The number of benzene rings is 9. The molecule has 0 nitrogen and oxygen atoms in total. The van der Waals surface area contributed by atoms with Crippen molar-refractivity contribution in [1.82, 2.24) is 0 Å². The average molecular weight is 759 g/mol. The van der Waals surface area contributed by atoms with Crippen LogP contribution in [0, 0.1) is 11.8 Å². The Balaban J connectivity index is 1.13. The lowest BCUT2D eigenvalue weighted by molar-refractivity contribution is 0.337. The van der Waals surface area contributed by atoms with Crippen LogP contribution in [0.25, 0.3) is 88.3 Å². The Kier molecular flexibility index (Phi) is 9.37. The van der Waals surface area contributed by atoms with Gasteiger partial charge in [0.2, 0.25) is 0 Å². The highest BCUT2D eigenvalue weighted by atomic mass is 14.5. The number of fused-ring (bicyclic) bond motifs is 5. The van der Waals surface area contributed by atoms with Crippen molar-refractivity contribution in [3.63, 3.8) is 0 Å². The minimum absolute atomic E-state index is 0.0139. The Morgan fingerprint density at radius 2 is 0.678 bits per heavy atom. The molecule has 0 saturated carbocycles. The van der Waals surface area contributed by atoms with E-state index >= 15 is 0 Å². The Labute approximate surface area is 349 Å². The van der Waals surface area contributed by atoms with Gasteiger partial charge in [0.05, 0.1) is 0 Å². The van der Waals surface area contributed by atoms with E-state index in [0.29, 0.717) is 11.8 Å². The highest BCUT2D eigenvalue weighted by molar-refractivity contribution is 6.21. The molecule has 0 aromatic heterocycles. The van der Waals surface area contributed by atoms with Crippen LogP contribution < -0.4 is 0 Å². The summed E-state index contributed by atoms with van der Waals surface area (Å²) >= 11 is 0. The maximum absolute atomic E-state index is 2.58. The predicted octanol–water partition coefficient (Wildman–Crippen LogP) is 16.7. The Bertz CT molecular complexity index is 2840. The molecule has 0 spiro atoms. The second kappa shape index (κ2) is 15.0. The molecule has 286 valence electrons. The number of hydrogen-bond donors (Lipinski definition) is 0. The van der Waals surface area contributed by atoms with Crippen LogP contribution in [0.2, 0.25) is 0 Å². The molecule has 0 saturated heterocycles. The lowest BCUT2D eigenvalue weighted by Gasteiger charge is -2.36. The van der Waals surface area contributed by atoms with Crippen molar-refractivity contribution < 1.29 is 0 Å². The molecule has 10 rings (SSSR count). The van der Waals surface area contributed by atoms with Crippen molar-refractivity contribution in [2.75, 3.05) is 0 Å². The fourth-order valence-electron chi connectivity index (χ4n) is 10.5. The smallest absolute Gasteiger partial charge is 0.0220 e. The van der Waals surface area contributed by atoms with E-state index in [1.807, 2.05) is 0 Å². The maximum Gasteiger partial charge on any atom is 0.0220 e. The van der Waals surface area contributed by atoms with Gasteiger partial charge in [0.25, 0.3) is 0 Å². The minimum Gasteiger partial charge on any atom is -0.0627 e. The predicted molar refractivity (Wildman–Crippen MR) is 254 cm³/mol. The summed E-state index contributed by atoms with van der Waals surface area (Å²) in [7, 11) is 0. The topological polar surface area (TPSA) is 0 Å². The molecule has 0 N–H and O–H groups in total. The molecule has 9 aromatic rings. The fourth-order valence-corrected chi connectivity index (χ4v) is 10.5. The average Bonchev–Trinajstić information content (AvgIpc) is 3.53. The Morgan fingerprint density at radius 3 is 1.17 bits per heavy atom. The zero-order chi connectivity index (χ0) is 40.1. The molecule has 0 bridgehead atoms. The maximum atomic E-state index is 2.58. The zero-order valence-corrected chi connectivity index (χ0v) is 34.5. The van der Waals surface area contributed by atoms with E-state index in [9.17, 15) is 0 Å². The molecule has 1 aliphatic carbocycles. The first kappa shape index (κ1) is 36.8. The van der Waals surface area contributed by atoms with E-state index in [2.05, 4.69) is 222 Å². The van der Waals surface area contributed by atoms with Gasteiger partial charge >= 0.3 is 0 Å². The molecule has 0 atom stereocenters. The van der Waals surface area contributed by atoms with E-state index < -0.39 is 0 Å². The van der Waals surface area contributed by atoms with Gasteiger partial charge in [-0.15, -0.1) is 0 Å². The molecule has 0 fully saturated rings. The van der Waals surface area contributed by atoms with Gasteiger partial charge in [0.1, 0.15) is 0 Å². The van der Waals surface area contributed by atoms with Crippen LogP contribution in [0.15, 0.2) is 194 Å². The van der Waals surface area contributed by atoms with Crippen LogP contribution in [-0.4, -0.2) is 0 Å². The van der Waals surface area contributed by atoms with Crippen LogP contribution in [0.1, 0.15) is 51.7 Å². The second-order valence-corrected chi connectivity index (χ2v) is 17.5. The largest absolute Gasteiger partial charge is 0.0627 e. The highest BCUT2D eigenvalue weighted by Crippen LogP contribution is 2.56. The number of rotatable bonds is 9. The summed E-state index contributed by atoms with van der Waals surface area (Å²) in [6.07, 6.45) is 2.28. The van der Waals surface area contributed by atoms with Crippen molar-refractivity contribution in [2.45, 2.75) is 46.0 Å². The van der Waals surface area contributed by atoms with E-state index in [0.717, 1.165) is 12.8 Å². The molecule has 9 aromatic carbocycles. The molecular formula is C59H50. The molecule has 59 heavy (non-hydrogen) atoms. The summed E-state index contributed by atoms with van der Waals surface area (Å²) < 4.78 is 0. The summed E-state index contributed by atoms with van der Waals surface area (Å²) in [5.41, 5.74) is 18.3. The zero-order valence-electron chi connectivity index (χ0n) is 34.5. The summed E-state index contributed by atoms with van der Waals surface area (Å²) in [6.45, 7) is 9.57. The Morgan fingerprint density at radius 1 is 0.305 bits per heavy atom. The molecule has 1 aliphatic rings. The van der Waals surface area contributed by atoms with Crippen LogP contribution in [0.5, 0.6) is 0 Å². The SMILES string of the molecule is CC(C)CC1(CC(C)C)c2ccccc2-c2ccc(-c3c4ccccc4c(-c4ccc(-c5cc(-c6ccccc6)cc(-c6ccccc6)c5)cc4)c4ccccc34)cc21. The summed E-state index contributed by atoms with van der Waals surface area (Å²) in [5.74, 6) is 1.14. The van der Waals surface area contributed by atoms with Crippen LogP contribution in [0.3, 0.4) is 0 Å². The van der Waals surface area contributed by atoms with Crippen molar-refractivity contribution in [3.8, 4) is 66.8 Å². The van der Waals surface area contributed by atoms with Gasteiger partial charge in [-0.1, -0.05) is 198 Å². The molecule has 0 aliphatic heterocycles. The first-order chi connectivity index (χ1) is 28.9. The third-order valence-corrected chi connectivity index (χ3v) is 12.7. The molecular weight excluding hydrogens is 709 g/mol. The number of hydrogen-bond acceptors (Lipinski definition) is 0. The molecule has 0 heterocycles. The Hall–Kier alpha value is -6.50. The minimum atomic E-state index is -0.0139. The molecule has 0 amide bonds. The summed E-state index contributed by atoms with van der Waals surface area (Å²) in [4.78, 5) is 0. The second-order valence-electron chi connectivity index (χ2n) is 17.5. The van der Waals surface area contributed by atoms with E-state index in [1.54, 1.807) is 0 Å². The monoisotopic (exact) mass is 758 g/mol. The first-order valence-corrected chi connectivity index (χ1v) is 21.4. The van der Waals surface area contributed by atoms with Crippen molar-refractivity contribution in [3.05, 3.63) is 205 Å². The molecule has 0 unspecified atom stereocenters. The van der Waals surface area contributed by atoms with Gasteiger partial charge in [0.15, 0.2) is 0 Å². The molecule has 0 heteroatoms. The lowest BCUT2D eigenvalue weighted by Crippen LogP contribution is -2.29. The van der Waals surface area contributed by atoms with Crippen LogP contribution in [0.4, 0.5) is 0 Å². The third kappa shape index (κ3) is 6.48. The first-order valence-electron chi connectivity index (χ1n) is 21.4. The van der Waals surface area contributed by atoms with E-state index in [4.69, 9.17) is 0 Å². The lowest BCUT2D eigenvalue weighted by atomic mass is 9.67. The third-order valence-electron chi connectivity index (χ3n) is 12.7.